The second kappa shape index (κ2) is 18.0. The van der Waals surface area contributed by atoms with Crippen LogP contribution in [0.4, 0.5) is 5.69 Å². The van der Waals surface area contributed by atoms with E-state index in [1.807, 2.05) is 0 Å². The van der Waals surface area contributed by atoms with Crippen molar-refractivity contribution in [2.45, 2.75) is 110 Å². The van der Waals surface area contributed by atoms with Crippen molar-refractivity contribution in [2.24, 2.45) is 0 Å². The summed E-state index contributed by atoms with van der Waals surface area (Å²) >= 11 is -5.41. The number of carbonyl (C=O) groups is 2. The number of benzene rings is 1. The van der Waals surface area contributed by atoms with Crippen molar-refractivity contribution < 1.29 is 41.7 Å². The molecule has 0 saturated carbocycles. The number of unbranched alkanes of at least 4 members (excludes halogenated alkanes) is 14. The first-order valence-corrected chi connectivity index (χ1v) is 15.3. The average Bonchev–Trinajstić information content (AvgIpc) is 2.76. The topological polar surface area (TPSA) is 119 Å². The van der Waals surface area contributed by atoms with Crippen molar-refractivity contribution >= 4 is 17.6 Å². The summed E-state index contributed by atoms with van der Waals surface area (Å²) in [6, 6.07) is 5.77. The quantitative estimate of drug-likeness (QED) is 0.120. The molecular formula is C25H43NO6Ti. The molecule has 0 atom stereocenters. The Morgan fingerprint density at radius 1 is 0.727 bits per heavy atom. The van der Waals surface area contributed by atoms with Gasteiger partial charge >= 0.3 is 159 Å². The van der Waals surface area contributed by atoms with Crippen LogP contribution >= 0.6 is 0 Å². The summed E-state index contributed by atoms with van der Waals surface area (Å²) in [6.45, 7) is 2.25. The van der Waals surface area contributed by atoms with Gasteiger partial charge in [0.15, 0.2) is 0 Å². The SMILES string of the molecule is CCCCCCCCCCCCCCCCCC(=O)[O][Ti]([OH])([OH])[O]C(=O)c1ccc(N)cc1. The first-order valence-electron chi connectivity index (χ1n) is 12.6. The zero-order valence-corrected chi connectivity index (χ0v) is 21.8. The van der Waals surface area contributed by atoms with Gasteiger partial charge in [0.05, 0.1) is 0 Å². The summed E-state index contributed by atoms with van der Waals surface area (Å²) < 4.78 is 29.0. The minimum atomic E-state index is -5.41. The van der Waals surface area contributed by atoms with Gasteiger partial charge in [0, 0.05) is 0 Å². The van der Waals surface area contributed by atoms with Crippen molar-refractivity contribution in [3.8, 4) is 0 Å². The first-order chi connectivity index (χ1) is 15.8. The molecule has 0 amide bonds. The van der Waals surface area contributed by atoms with Gasteiger partial charge in [-0.3, -0.25) is 0 Å². The zero-order valence-electron chi connectivity index (χ0n) is 20.2. The molecule has 0 aliphatic rings. The molecule has 4 N–H and O–H groups in total. The Kier molecular flexibility index (Phi) is 16.1. The first kappa shape index (κ1) is 29.6. The summed E-state index contributed by atoms with van der Waals surface area (Å²) in [5.74, 6) is -1.71. The number of carbonyl (C=O) groups excluding carboxylic acids is 2. The molecule has 1 aromatic carbocycles. The molecule has 0 saturated heterocycles. The summed E-state index contributed by atoms with van der Waals surface area (Å²) in [7, 11) is 0. The van der Waals surface area contributed by atoms with E-state index in [2.05, 4.69) is 13.6 Å². The van der Waals surface area contributed by atoms with Gasteiger partial charge in [0.25, 0.3) is 0 Å². The van der Waals surface area contributed by atoms with E-state index in [0.717, 1.165) is 19.3 Å². The predicted molar refractivity (Wildman–Crippen MR) is 126 cm³/mol. The summed E-state index contributed by atoms with van der Waals surface area (Å²) in [5, 5.41) is 0. The van der Waals surface area contributed by atoms with Crippen LogP contribution in [0.25, 0.3) is 0 Å². The van der Waals surface area contributed by atoms with E-state index in [4.69, 9.17) is 5.73 Å². The van der Waals surface area contributed by atoms with Gasteiger partial charge in [0.1, 0.15) is 0 Å². The van der Waals surface area contributed by atoms with Crippen LogP contribution < -0.4 is 5.73 Å². The van der Waals surface area contributed by atoms with Crippen LogP contribution in [-0.2, 0) is 29.6 Å². The van der Waals surface area contributed by atoms with Crippen LogP contribution in [0, 0.1) is 0 Å². The number of anilines is 1. The fraction of sp³-hybridized carbons (Fsp3) is 0.680. The third-order valence-electron chi connectivity index (χ3n) is 5.60. The molecule has 0 spiro atoms. The molecule has 0 heterocycles. The van der Waals surface area contributed by atoms with Gasteiger partial charge in [-0.15, -0.1) is 0 Å². The Morgan fingerprint density at radius 2 is 1.15 bits per heavy atom. The van der Waals surface area contributed by atoms with Gasteiger partial charge in [-0.05, 0) is 0 Å². The van der Waals surface area contributed by atoms with Crippen molar-refractivity contribution in [3.63, 3.8) is 0 Å². The predicted octanol–water partition coefficient (Wildman–Crippen LogP) is 6.03. The molecule has 188 valence electrons. The molecule has 0 aromatic heterocycles. The van der Waals surface area contributed by atoms with E-state index in [-0.39, 0.29) is 12.0 Å². The van der Waals surface area contributed by atoms with E-state index >= 15 is 0 Å². The molecule has 1 aromatic rings. The minimum absolute atomic E-state index is 0.0752. The molecule has 0 aliphatic carbocycles. The Hall–Kier alpha value is -1.41. The molecule has 0 fully saturated rings. The van der Waals surface area contributed by atoms with Gasteiger partial charge < -0.3 is 0 Å². The number of nitrogens with two attached hydrogens (primary N) is 1. The number of nitrogen functional groups attached to an aromatic ring is 1. The van der Waals surface area contributed by atoms with Crippen LogP contribution in [-0.4, -0.2) is 19.3 Å². The van der Waals surface area contributed by atoms with Crippen molar-refractivity contribution in [2.75, 3.05) is 5.73 Å². The van der Waals surface area contributed by atoms with E-state index in [1.165, 1.54) is 94.9 Å². The summed E-state index contributed by atoms with van der Waals surface area (Å²) in [6.07, 6.45) is 18.4. The van der Waals surface area contributed by atoms with Crippen LogP contribution in [0.2, 0.25) is 0 Å². The third kappa shape index (κ3) is 16.0. The van der Waals surface area contributed by atoms with Crippen LogP contribution in [0.1, 0.15) is 120 Å². The molecule has 33 heavy (non-hydrogen) atoms. The van der Waals surface area contributed by atoms with E-state index < -0.39 is 30.1 Å². The second-order valence-electron chi connectivity index (χ2n) is 8.73. The van der Waals surface area contributed by atoms with Crippen LogP contribution in [0.15, 0.2) is 24.3 Å². The van der Waals surface area contributed by atoms with Crippen LogP contribution in [0.3, 0.4) is 0 Å². The van der Waals surface area contributed by atoms with Crippen molar-refractivity contribution in [1.82, 2.24) is 0 Å². The van der Waals surface area contributed by atoms with Crippen LogP contribution in [0.5, 0.6) is 0 Å². The third-order valence-corrected chi connectivity index (χ3v) is 7.08. The fourth-order valence-electron chi connectivity index (χ4n) is 3.66. The Bertz CT molecular complexity index is 665. The molecule has 8 heteroatoms. The van der Waals surface area contributed by atoms with Gasteiger partial charge in [-0.1, -0.05) is 45.4 Å². The van der Waals surface area contributed by atoms with Gasteiger partial charge in [-0.25, -0.2) is 0 Å². The van der Waals surface area contributed by atoms with Crippen molar-refractivity contribution in [3.05, 3.63) is 29.8 Å². The maximum absolute atomic E-state index is 11.9. The summed E-state index contributed by atoms with van der Waals surface area (Å²) in [4.78, 5) is 23.8. The van der Waals surface area contributed by atoms with E-state index in [0.29, 0.717) is 12.1 Å². The van der Waals surface area contributed by atoms with Crippen molar-refractivity contribution in [1.29, 1.82) is 0 Å². The molecule has 7 nitrogen and oxygen atoms in total. The number of rotatable bonds is 19. The Labute approximate surface area is 204 Å². The van der Waals surface area contributed by atoms with E-state index in [9.17, 15) is 17.0 Å². The fourth-order valence-corrected chi connectivity index (χ4v) is 4.91. The molecule has 0 unspecified atom stereocenters. The van der Waals surface area contributed by atoms with Gasteiger partial charge in [-0.2, -0.15) is 0 Å². The van der Waals surface area contributed by atoms with Gasteiger partial charge in [0.2, 0.25) is 0 Å². The zero-order chi connectivity index (χ0) is 24.4. The number of hydrogen-bond acceptors (Lipinski definition) is 7. The Balaban J connectivity index is 1.99. The second-order valence-corrected chi connectivity index (χ2v) is 11.1. The molecule has 0 aliphatic heterocycles. The summed E-state index contributed by atoms with van der Waals surface area (Å²) in [5.41, 5.74) is 6.10. The maximum atomic E-state index is 11.9. The monoisotopic (exact) mass is 501 g/mol. The Morgan fingerprint density at radius 3 is 1.61 bits per heavy atom. The molecular weight excluding hydrogens is 458 g/mol. The van der Waals surface area contributed by atoms with E-state index in [1.54, 1.807) is 0 Å². The molecule has 0 radical (unpaired) electrons. The normalized spacial score (nSPS) is 11.4. The molecule has 1 rings (SSSR count). The number of hydrogen-bond donors (Lipinski definition) is 3. The molecule has 0 bridgehead atoms. The standard InChI is InChI=1S/C18H36O2.C7H7NO2.2H2O.Ti/c1-2-3-4-5-6-7-8-9-10-11-12-13-14-15-16-17-18(19)20;8-6-3-1-5(2-4-6)7(9)10;;;/h2-17H2,1H3,(H,19,20);1-4H,8H2,(H,9,10);2*1H2;/q;;;;+4/p-4. The average molecular weight is 501 g/mol.